The van der Waals surface area contributed by atoms with Gasteiger partial charge in [0.1, 0.15) is 5.75 Å². The lowest BCUT2D eigenvalue weighted by Gasteiger charge is -2.29. The molecule has 1 aliphatic rings. The lowest BCUT2D eigenvalue weighted by atomic mass is 10.1. The maximum absolute atomic E-state index is 9.57. The highest BCUT2D eigenvalue weighted by Crippen LogP contribution is 2.13. The van der Waals surface area contributed by atoms with E-state index < -0.39 is 0 Å². The molecule has 0 aliphatic carbocycles. The van der Waals surface area contributed by atoms with Gasteiger partial charge in [0.15, 0.2) is 5.96 Å². The number of hydrogen-bond acceptors (Lipinski definition) is 4. The minimum absolute atomic E-state index is 0. The van der Waals surface area contributed by atoms with Crippen molar-refractivity contribution in [3.05, 3.63) is 29.8 Å². The van der Waals surface area contributed by atoms with Gasteiger partial charge in [-0.25, -0.2) is 0 Å². The molecule has 1 saturated heterocycles. The van der Waals surface area contributed by atoms with Crippen LogP contribution in [-0.4, -0.2) is 73.9 Å². The third-order valence-corrected chi connectivity index (χ3v) is 4.73. The molecule has 0 amide bonds. The first-order valence-corrected chi connectivity index (χ1v) is 9.65. The maximum Gasteiger partial charge on any atom is 0.193 e. The Morgan fingerprint density at radius 3 is 2.56 bits per heavy atom. The fourth-order valence-corrected chi connectivity index (χ4v) is 3.17. The SMILES string of the molecule is CCNC(=NCCCN1CCC(O)CC1)N(C)Cc1ccc(OC)cc1.I. The number of guanidine groups is 1. The number of hydrogen-bond donors (Lipinski definition) is 2. The Labute approximate surface area is 181 Å². The molecule has 1 aliphatic heterocycles. The molecule has 1 aromatic carbocycles. The van der Waals surface area contributed by atoms with Crippen LogP contribution < -0.4 is 10.1 Å². The zero-order valence-electron chi connectivity index (χ0n) is 16.9. The highest BCUT2D eigenvalue weighted by Gasteiger charge is 2.16. The zero-order chi connectivity index (χ0) is 18.8. The summed E-state index contributed by atoms with van der Waals surface area (Å²) in [6.07, 6.45) is 2.74. The van der Waals surface area contributed by atoms with E-state index in [1.165, 1.54) is 5.56 Å². The molecule has 0 saturated carbocycles. The van der Waals surface area contributed by atoms with E-state index in [1.54, 1.807) is 7.11 Å². The van der Waals surface area contributed by atoms with E-state index in [1.807, 2.05) is 12.1 Å². The van der Waals surface area contributed by atoms with Crippen LogP contribution in [0.4, 0.5) is 0 Å². The van der Waals surface area contributed by atoms with Gasteiger partial charge in [-0.3, -0.25) is 4.99 Å². The average Bonchev–Trinajstić information content (AvgIpc) is 2.66. The van der Waals surface area contributed by atoms with Crippen molar-refractivity contribution in [3.63, 3.8) is 0 Å². The number of likely N-dealkylation sites (tertiary alicyclic amines) is 1. The summed E-state index contributed by atoms with van der Waals surface area (Å²) in [7, 11) is 3.75. The summed E-state index contributed by atoms with van der Waals surface area (Å²) in [5.74, 6) is 1.82. The lowest BCUT2D eigenvalue weighted by Crippen LogP contribution is -2.39. The number of aliphatic hydroxyl groups is 1. The number of aliphatic hydroxyl groups excluding tert-OH is 1. The molecule has 1 heterocycles. The van der Waals surface area contributed by atoms with Gasteiger partial charge in [0.25, 0.3) is 0 Å². The summed E-state index contributed by atoms with van der Waals surface area (Å²) in [5, 5.41) is 12.9. The van der Waals surface area contributed by atoms with Gasteiger partial charge < -0.3 is 25.0 Å². The molecule has 0 aromatic heterocycles. The Kier molecular flexibility index (Phi) is 11.7. The van der Waals surface area contributed by atoms with Crippen molar-refractivity contribution in [2.75, 3.05) is 46.9 Å². The van der Waals surface area contributed by atoms with Crippen LogP contribution in [0.5, 0.6) is 5.75 Å². The molecule has 1 fully saturated rings. The second-order valence-corrected chi connectivity index (χ2v) is 6.87. The van der Waals surface area contributed by atoms with Crippen LogP contribution in [0.25, 0.3) is 0 Å². The van der Waals surface area contributed by atoms with Gasteiger partial charge in [0.05, 0.1) is 13.2 Å². The first-order chi connectivity index (χ1) is 12.6. The van der Waals surface area contributed by atoms with E-state index in [-0.39, 0.29) is 30.1 Å². The van der Waals surface area contributed by atoms with Crippen LogP contribution in [0.3, 0.4) is 0 Å². The third kappa shape index (κ3) is 8.66. The minimum Gasteiger partial charge on any atom is -0.497 e. The summed E-state index contributed by atoms with van der Waals surface area (Å²) >= 11 is 0. The normalized spacial score (nSPS) is 15.9. The summed E-state index contributed by atoms with van der Waals surface area (Å²) < 4.78 is 5.21. The van der Waals surface area contributed by atoms with Gasteiger partial charge in [0.2, 0.25) is 0 Å². The zero-order valence-corrected chi connectivity index (χ0v) is 19.2. The van der Waals surface area contributed by atoms with Crippen molar-refractivity contribution in [3.8, 4) is 5.75 Å². The van der Waals surface area contributed by atoms with Crippen molar-refractivity contribution in [1.29, 1.82) is 0 Å². The molecule has 0 unspecified atom stereocenters. The highest BCUT2D eigenvalue weighted by molar-refractivity contribution is 14.0. The van der Waals surface area contributed by atoms with Crippen LogP contribution in [0.1, 0.15) is 31.7 Å². The number of nitrogens with zero attached hydrogens (tertiary/aromatic N) is 3. The van der Waals surface area contributed by atoms with Crippen LogP contribution >= 0.6 is 24.0 Å². The molecule has 154 valence electrons. The first kappa shape index (κ1) is 24.0. The largest absolute Gasteiger partial charge is 0.497 e. The Morgan fingerprint density at radius 1 is 1.30 bits per heavy atom. The number of halogens is 1. The Bertz CT molecular complexity index is 545. The van der Waals surface area contributed by atoms with Crippen LogP contribution in [0, 0.1) is 0 Å². The maximum atomic E-state index is 9.57. The third-order valence-electron chi connectivity index (χ3n) is 4.73. The Balaban J connectivity index is 0.00000364. The molecular formula is C20H35IN4O2. The summed E-state index contributed by atoms with van der Waals surface area (Å²) in [4.78, 5) is 9.36. The summed E-state index contributed by atoms with van der Waals surface area (Å²) in [5.41, 5.74) is 1.23. The molecule has 0 spiro atoms. The van der Waals surface area contributed by atoms with Gasteiger partial charge >= 0.3 is 0 Å². The predicted molar refractivity (Wildman–Crippen MR) is 122 cm³/mol. The summed E-state index contributed by atoms with van der Waals surface area (Å²) in [6.45, 7) is 7.63. The fraction of sp³-hybridized carbons (Fsp3) is 0.650. The number of aliphatic imine (C=N–C) groups is 1. The standard InChI is InChI=1S/C20H34N4O2.HI/c1-4-21-20(22-12-5-13-24-14-10-18(25)11-15-24)23(2)16-17-6-8-19(26-3)9-7-17;/h6-9,18,25H,4-5,10-16H2,1-3H3,(H,21,22);1H. The molecule has 1 aromatic rings. The molecule has 0 bridgehead atoms. The van der Waals surface area contributed by atoms with E-state index in [0.29, 0.717) is 0 Å². The average molecular weight is 490 g/mol. The van der Waals surface area contributed by atoms with Gasteiger partial charge in [-0.15, -0.1) is 24.0 Å². The van der Waals surface area contributed by atoms with E-state index in [4.69, 9.17) is 9.73 Å². The van der Waals surface area contributed by atoms with Crippen LogP contribution in [-0.2, 0) is 6.54 Å². The van der Waals surface area contributed by atoms with E-state index in [0.717, 1.165) is 70.2 Å². The monoisotopic (exact) mass is 490 g/mol. The topological polar surface area (TPSA) is 60.3 Å². The number of piperidine rings is 1. The molecule has 2 rings (SSSR count). The number of methoxy groups -OCH3 is 1. The molecule has 27 heavy (non-hydrogen) atoms. The number of benzene rings is 1. The second kappa shape index (κ2) is 13.2. The number of rotatable bonds is 8. The molecule has 0 radical (unpaired) electrons. The number of ether oxygens (including phenoxy) is 1. The van der Waals surface area contributed by atoms with E-state index in [9.17, 15) is 5.11 Å². The van der Waals surface area contributed by atoms with Crippen molar-refractivity contribution in [2.45, 2.75) is 38.8 Å². The van der Waals surface area contributed by atoms with Crippen LogP contribution in [0.15, 0.2) is 29.3 Å². The first-order valence-electron chi connectivity index (χ1n) is 9.65. The van der Waals surface area contributed by atoms with Gasteiger partial charge in [-0.05, 0) is 50.4 Å². The molecule has 2 N–H and O–H groups in total. The van der Waals surface area contributed by atoms with Crippen molar-refractivity contribution >= 4 is 29.9 Å². The van der Waals surface area contributed by atoms with E-state index in [2.05, 4.69) is 41.2 Å². The molecule has 0 atom stereocenters. The van der Waals surface area contributed by atoms with Gasteiger partial charge in [-0.2, -0.15) is 0 Å². The fourth-order valence-electron chi connectivity index (χ4n) is 3.17. The van der Waals surface area contributed by atoms with Gasteiger partial charge in [-0.1, -0.05) is 12.1 Å². The quantitative estimate of drug-likeness (QED) is 0.254. The minimum atomic E-state index is -0.101. The van der Waals surface area contributed by atoms with Crippen molar-refractivity contribution < 1.29 is 9.84 Å². The number of nitrogens with one attached hydrogen (secondary N) is 1. The predicted octanol–water partition coefficient (Wildman–Crippen LogP) is 2.56. The highest BCUT2D eigenvalue weighted by atomic mass is 127. The molecule has 6 nitrogen and oxygen atoms in total. The molecule has 7 heteroatoms. The summed E-state index contributed by atoms with van der Waals surface area (Å²) in [6, 6.07) is 8.15. The second-order valence-electron chi connectivity index (χ2n) is 6.87. The van der Waals surface area contributed by atoms with Crippen LogP contribution in [0.2, 0.25) is 0 Å². The molecular weight excluding hydrogens is 455 g/mol. The Morgan fingerprint density at radius 2 is 1.96 bits per heavy atom. The van der Waals surface area contributed by atoms with Gasteiger partial charge in [0, 0.05) is 39.8 Å². The Hall–Kier alpha value is -1.06. The van der Waals surface area contributed by atoms with Crippen molar-refractivity contribution in [1.82, 2.24) is 15.1 Å². The smallest absolute Gasteiger partial charge is 0.193 e. The van der Waals surface area contributed by atoms with E-state index >= 15 is 0 Å². The lowest BCUT2D eigenvalue weighted by molar-refractivity contribution is 0.0824. The van der Waals surface area contributed by atoms with Crippen molar-refractivity contribution in [2.24, 2.45) is 4.99 Å².